The van der Waals surface area contributed by atoms with E-state index < -0.39 is 30.4 Å². The van der Waals surface area contributed by atoms with Crippen molar-refractivity contribution >= 4 is 18.0 Å². The smallest absolute Gasteiger partial charge is 0.326 e. The molecule has 108 valence electrons. The van der Waals surface area contributed by atoms with Crippen molar-refractivity contribution in [2.24, 2.45) is 5.41 Å². The van der Waals surface area contributed by atoms with Crippen LogP contribution in [-0.4, -0.2) is 40.3 Å². The van der Waals surface area contributed by atoms with Gasteiger partial charge in [0.15, 0.2) is 0 Å². The van der Waals surface area contributed by atoms with Crippen molar-refractivity contribution in [3.8, 4) is 0 Å². The molecular formula is C12H20N2O5. The number of carboxylic acid groups (broad SMARTS) is 2. The summed E-state index contributed by atoms with van der Waals surface area (Å²) >= 11 is 0. The van der Waals surface area contributed by atoms with Gasteiger partial charge in [0.2, 0.25) is 0 Å². The van der Waals surface area contributed by atoms with Gasteiger partial charge in [-0.2, -0.15) is 0 Å². The van der Waals surface area contributed by atoms with E-state index in [0.29, 0.717) is 0 Å². The number of aliphatic carboxylic acids is 2. The molecule has 7 heteroatoms. The molecule has 2 unspecified atom stereocenters. The fourth-order valence-corrected chi connectivity index (χ4v) is 2.33. The topological polar surface area (TPSA) is 116 Å². The Morgan fingerprint density at radius 3 is 2.37 bits per heavy atom. The van der Waals surface area contributed by atoms with Crippen LogP contribution in [0.15, 0.2) is 0 Å². The first-order valence-corrected chi connectivity index (χ1v) is 6.24. The molecule has 0 aromatic heterocycles. The Morgan fingerprint density at radius 1 is 1.32 bits per heavy atom. The Morgan fingerprint density at radius 2 is 1.95 bits per heavy atom. The van der Waals surface area contributed by atoms with E-state index in [1.54, 1.807) is 0 Å². The summed E-state index contributed by atoms with van der Waals surface area (Å²) in [6.07, 6.45) is 2.21. The standard InChI is InChI=1S/C12H20N2O5/c1-12(2)5-3-4-8(12)14-11(19)13-7(10(17)18)6-9(15)16/h7-8H,3-6H2,1-2H3,(H,15,16)(H,17,18)(H2,13,14,19). The van der Waals surface area contributed by atoms with Crippen molar-refractivity contribution in [3.05, 3.63) is 0 Å². The van der Waals surface area contributed by atoms with E-state index >= 15 is 0 Å². The number of carboxylic acids is 2. The van der Waals surface area contributed by atoms with Crippen molar-refractivity contribution in [2.45, 2.75) is 51.6 Å². The summed E-state index contributed by atoms with van der Waals surface area (Å²) in [6.45, 7) is 4.08. The molecule has 0 spiro atoms. The SMILES string of the molecule is CC1(C)CCCC1NC(=O)NC(CC(=O)O)C(=O)O. The van der Waals surface area contributed by atoms with Crippen LogP contribution in [0.5, 0.6) is 0 Å². The van der Waals surface area contributed by atoms with Gasteiger partial charge in [-0.25, -0.2) is 9.59 Å². The highest BCUT2D eigenvalue weighted by molar-refractivity contribution is 5.86. The Kier molecular flexibility index (Phi) is 4.74. The molecule has 0 bridgehead atoms. The zero-order valence-corrected chi connectivity index (χ0v) is 11.1. The summed E-state index contributed by atoms with van der Waals surface area (Å²) in [7, 11) is 0. The summed E-state index contributed by atoms with van der Waals surface area (Å²) in [4.78, 5) is 33.0. The van der Waals surface area contributed by atoms with Gasteiger partial charge in [-0.3, -0.25) is 4.79 Å². The number of rotatable bonds is 5. The molecule has 19 heavy (non-hydrogen) atoms. The van der Waals surface area contributed by atoms with E-state index in [4.69, 9.17) is 10.2 Å². The maximum absolute atomic E-state index is 11.7. The number of hydrogen-bond acceptors (Lipinski definition) is 3. The third-order valence-electron chi connectivity index (χ3n) is 3.54. The molecule has 0 radical (unpaired) electrons. The van der Waals surface area contributed by atoms with E-state index in [0.717, 1.165) is 19.3 Å². The summed E-state index contributed by atoms with van der Waals surface area (Å²) in [5, 5.41) is 22.3. The van der Waals surface area contributed by atoms with E-state index in [1.807, 2.05) is 13.8 Å². The first kappa shape index (κ1) is 15.3. The van der Waals surface area contributed by atoms with E-state index in [-0.39, 0.29) is 11.5 Å². The summed E-state index contributed by atoms with van der Waals surface area (Å²) < 4.78 is 0. The van der Waals surface area contributed by atoms with Gasteiger partial charge in [-0.15, -0.1) is 0 Å². The molecule has 4 N–H and O–H groups in total. The van der Waals surface area contributed by atoms with Gasteiger partial charge in [-0.05, 0) is 18.3 Å². The van der Waals surface area contributed by atoms with Crippen LogP contribution in [0, 0.1) is 5.41 Å². The lowest BCUT2D eigenvalue weighted by Crippen LogP contribution is -2.51. The highest BCUT2D eigenvalue weighted by Crippen LogP contribution is 2.37. The second-order valence-corrected chi connectivity index (χ2v) is 5.54. The third kappa shape index (κ3) is 4.42. The predicted molar refractivity (Wildman–Crippen MR) is 66.8 cm³/mol. The van der Waals surface area contributed by atoms with E-state index in [9.17, 15) is 14.4 Å². The first-order valence-electron chi connectivity index (χ1n) is 6.24. The average molecular weight is 272 g/mol. The van der Waals surface area contributed by atoms with Crippen molar-refractivity contribution in [2.75, 3.05) is 0 Å². The van der Waals surface area contributed by atoms with Gasteiger partial charge in [0.05, 0.1) is 6.42 Å². The molecule has 1 aliphatic carbocycles. The molecule has 1 aliphatic rings. The highest BCUT2D eigenvalue weighted by atomic mass is 16.4. The van der Waals surface area contributed by atoms with E-state index in [2.05, 4.69) is 10.6 Å². The molecule has 0 heterocycles. The number of carbonyl (C=O) groups excluding carboxylic acids is 1. The number of amides is 2. The predicted octanol–water partition coefficient (Wildman–Crippen LogP) is 0.792. The van der Waals surface area contributed by atoms with Crippen molar-refractivity contribution in [3.63, 3.8) is 0 Å². The summed E-state index contributed by atoms with van der Waals surface area (Å²) in [5.74, 6) is -2.63. The molecule has 1 rings (SSSR count). The normalized spacial score (nSPS) is 22.5. The molecular weight excluding hydrogens is 252 g/mol. The van der Waals surface area contributed by atoms with Crippen LogP contribution in [0.2, 0.25) is 0 Å². The molecule has 2 amide bonds. The Labute approximate surface area is 111 Å². The highest BCUT2D eigenvalue weighted by Gasteiger charge is 2.36. The summed E-state index contributed by atoms with van der Waals surface area (Å²) in [6, 6.07) is -2.07. The molecule has 0 aliphatic heterocycles. The lowest BCUT2D eigenvalue weighted by molar-refractivity contribution is -0.145. The number of nitrogens with one attached hydrogen (secondary N) is 2. The second-order valence-electron chi connectivity index (χ2n) is 5.54. The average Bonchev–Trinajstić information content (AvgIpc) is 2.56. The third-order valence-corrected chi connectivity index (χ3v) is 3.54. The first-order chi connectivity index (χ1) is 8.72. The molecule has 0 aromatic rings. The minimum absolute atomic E-state index is 0.0215. The molecule has 0 saturated heterocycles. The van der Waals surface area contributed by atoms with Crippen LogP contribution >= 0.6 is 0 Å². The molecule has 7 nitrogen and oxygen atoms in total. The fraction of sp³-hybridized carbons (Fsp3) is 0.750. The van der Waals surface area contributed by atoms with Crippen LogP contribution < -0.4 is 10.6 Å². The van der Waals surface area contributed by atoms with Gasteiger partial charge >= 0.3 is 18.0 Å². The molecule has 1 saturated carbocycles. The largest absolute Gasteiger partial charge is 0.481 e. The van der Waals surface area contributed by atoms with Crippen molar-refractivity contribution in [1.82, 2.24) is 10.6 Å². The number of carbonyl (C=O) groups is 3. The zero-order valence-electron chi connectivity index (χ0n) is 11.1. The van der Waals surface area contributed by atoms with Crippen molar-refractivity contribution < 1.29 is 24.6 Å². The number of hydrogen-bond donors (Lipinski definition) is 4. The molecule has 2 atom stereocenters. The monoisotopic (exact) mass is 272 g/mol. The van der Waals surface area contributed by atoms with Crippen LogP contribution in [0.25, 0.3) is 0 Å². The quantitative estimate of drug-likeness (QED) is 0.590. The summed E-state index contributed by atoms with van der Waals surface area (Å²) in [5.41, 5.74) is -0.0249. The van der Waals surface area contributed by atoms with Gasteiger partial charge in [-0.1, -0.05) is 20.3 Å². The van der Waals surface area contributed by atoms with Gasteiger partial charge in [0.25, 0.3) is 0 Å². The number of urea groups is 1. The fourth-order valence-electron chi connectivity index (χ4n) is 2.33. The Hall–Kier alpha value is -1.79. The maximum atomic E-state index is 11.7. The molecule has 0 aromatic carbocycles. The van der Waals surface area contributed by atoms with Crippen LogP contribution in [-0.2, 0) is 9.59 Å². The molecule has 1 fully saturated rings. The lowest BCUT2D eigenvalue weighted by atomic mass is 9.87. The van der Waals surface area contributed by atoms with Gasteiger partial charge < -0.3 is 20.8 Å². The minimum atomic E-state index is -1.41. The van der Waals surface area contributed by atoms with Gasteiger partial charge in [0.1, 0.15) is 6.04 Å². The Bertz CT molecular complexity index is 380. The van der Waals surface area contributed by atoms with Crippen LogP contribution in [0.1, 0.15) is 39.5 Å². The maximum Gasteiger partial charge on any atom is 0.326 e. The van der Waals surface area contributed by atoms with E-state index in [1.165, 1.54) is 0 Å². The zero-order chi connectivity index (χ0) is 14.6. The minimum Gasteiger partial charge on any atom is -0.481 e. The van der Waals surface area contributed by atoms with Crippen molar-refractivity contribution in [1.29, 1.82) is 0 Å². The van der Waals surface area contributed by atoms with Gasteiger partial charge in [0, 0.05) is 6.04 Å². The lowest BCUT2D eigenvalue weighted by Gasteiger charge is -2.28. The van der Waals surface area contributed by atoms with Crippen LogP contribution in [0.3, 0.4) is 0 Å². The Balaban J connectivity index is 2.53. The second kappa shape index (κ2) is 5.90. The van der Waals surface area contributed by atoms with Crippen LogP contribution in [0.4, 0.5) is 4.79 Å².